The van der Waals surface area contributed by atoms with Crippen LogP contribution in [0, 0.1) is 0 Å². The summed E-state index contributed by atoms with van der Waals surface area (Å²) in [5.74, 6) is 1.43. The summed E-state index contributed by atoms with van der Waals surface area (Å²) >= 11 is 0. The van der Waals surface area contributed by atoms with Crippen molar-refractivity contribution >= 4 is 28.6 Å². The van der Waals surface area contributed by atoms with Gasteiger partial charge >= 0.3 is 0 Å². The fourth-order valence-electron chi connectivity index (χ4n) is 2.07. The van der Waals surface area contributed by atoms with E-state index in [0.29, 0.717) is 5.56 Å². The Morgan fingerprint density at radius 1 is 0.941 bits per heavy atom. The molecule has 0 saturated carbocycles. The monoisotopic (exact) mass is 220 g/mol. The molecule has 0 amide bonds. The van der Waals surface area contributed by atoms with Crippen molar-refractivity contribution in [3.05, 3.63) is 59.2 Å². The first-order valence-electron chi connectivity index (χ1n) is 5.30. The van der Waals surface area contributed by atoms with Gasteiger partial charge in [0.15, 0.2) is 0 Å². The molecule has 2 nitrogen and oxygen atoms in total. The predicted molar refractivity (Wildman–Crippen MR) is 66.5 cm³/mol. The normalized spacial score (nSPS) is 13.6. The number of carbonyl (C=O) groups excluding carboxylic acids is 2. The van der Waals surface area contributed by atoms with E-state index in [4.69, 9.17) is 0 Å². The second-order valence-corrected chi connectivity index (χ2v) is 3.96. The Hall–Kier alpha value is -2.44. The highest BCUT2D eigenvalue weighted by Gasteiger charge is 2.19. The van der Waals surface area contributed by atoms with Gasteiger partial charge in [-0.05, 0) is 34.5 Å². The van der Waals surface area contributed by atoms with Crippen molar-refractivity contribution in [1.29, 1.82) is 0 Å². The van der Waals surface area contributed by atoms with Crippen molar-refractivity contribution in [3.63, 3.8) is 0 Å². The number of fused-ring (bicyclic) bond motifs is 2. The van der Waals surface area contributed by atoms with Crippen LogP contribution in [-0.2, 0) is 4.79 Å². The third-order valence-electron chi connectivity index (χ3n) is 2.95. The minimum absolute atomic E-state index is 0.0905. The second-order valence-electron chi connectivity index (χ2n) is 3.96. The van der Waals surface area contributed by atoms with E-state index in [1.807, 2.05) is 36.4 Å². The van der Waals surface area contributed by atoms with Crippen LogP contribution < -0.4 is 0 Å². The average Bonchev–Trinajstić information content (AvgIpc) is 2.37. The highest BCUT2D eigenvalue weighted by molar-refractivity contribution is 6.20. The zero-order chi connectivity index (χ0) is 11.8. The van der Waals surface area contributed by atoms with Gasteiger partial charge in [-0.1, -0.05) is 30.3 Å². The molecular weight excluding hydrogens is 212 g/mol. The standard InChI is InChI=1S/C15H8O2/c16-9-13-6-5-12-7-10-3-1-2-4-11(10)8-14(12)15(13)17/h1-8H. The van der Waals surface area contributed by atoms with Crippen LogP contribution in [-0.4, -0.2) is 11.7 Å². The molecule has 2 heteroatoms. The van der Waals surface area contributed by atoms with Crippen LogP contribution in [0.1, 0.15) is 15.9 Å². The van der Waals surface area contributed by atoms with Crippen molar-refractivity contribution in [1.82, 2.24) is 0 Å². The molecule has 0 heterocycles. The largest absolute Gasteiger partial charge is 0.288 e. The van der Waals surface area contributed by atoms with Gasteiger partial charge in [0, 0.05) is 5.56 Å². The fraction of sp³-hybridized carbons (Fsp3) is 0. The summed E-state index contributed by atoms with van der Waals surface area (Å²) < 4.78 is 0. The van der Waals surface area contributed by atoms with Crippen molar-refractivity contribution in [2.45, 2.75) is 0 Å². The molecular formula is C15H8O2. The highest BCUT2D eigenvalue weighted by Crippen LogP contribution is 2.26. The van der Waals surface area contributed by atoms with Crippen molar-refractivity contribution in [2.75, 3.05) is 0 Å². The molecule has 1 aliphatic carbocycles. The number of allylic oxidation sites excluding steroid dienone is 2. The molecule has 0 saturated heterocycles. The van der Waals surface area contributed by atoms with E-state index in [2.05, 4.69) is 0 Å². The number of Topliss-reactive ketones (excluding diaryl/α,β-unsaturated/α-hetero) is 1. The van der Waals surface area contributed by atoms with Crippen LogP contribution in [0.2, 0.25) is 0 Å². The average molecular weight is 220 g/mol. The molecule has 0 aliphatic heterocycles. The minimum atomic E-state index is -0.247. The first-order valence-corrected chi connectivity index (χ1v) is 5.30. The molecule has 0 atom stereocenters. The van der Waals surface area contributed by atoms with Gasteiger partial charge in [0.05, 0.1) is 0 Å². The SMILES string of the molecule is O=C=C1C=Cc2cc3ccccc3cc2C1=O. The van der Waals surface area contributed by atoms with Crippen LogP contribution in [0.4, 0.5) is 0 Å². The highest BCUT2D eigenvalue weighted by atomic mass is 16.1. The Bertz CT molecular complexity index is 717. The maximum atomic E-state index is 11.9. The van der Waals surface area contributed by atoms with Gasteiger partial charge in [0.1, 0.15) is 11.5 Å². The Morgan fingerprint density at radius 3 is 2.35 bits per heavy atom. The molecule has 0 unspecified atom stereocenters. The third-order valence-corrected chi connectivity index (χ3v) is 2.95. The molecule has 80 valence electrons. The summed E-state index contributed by atoms with van der Waals surface area (Å²) in [6.45, 7) is 0. The number of hydrogen-bond donors (Lipinski definition) is 0. The molecule has 0 aromatic heterocycles. The van der Waals surface area contributed by atoms with Gasteiger partial charge in [-0.15, -0.1) is 0 Å². The molecule has 1 aliphatic rings. The molecule has 3 rings (SSSR count). The second kappa shape index (κ2) is 3.55. The smallest absolute Gasteiger partial charge is 0.204 e. The summed E-state index contributed by atoms with van der Waals surface area (Å²) in [5.41, 5.74) is 1.52. The summed E-state index contributed by atoms with van der Waals surface area (Å²) in [4.78, 5) is 22.6. The number of carbonyl (C=O) groups is 1. The summed E-state index contributed by atoms with van der Waals surface area (Å²) in [6, 6.07) is 11.6. The van der Waals surface area contributed by atoms with Crippen molar-refractivity contribution in [3.8, 4) is 0 Å². The van der Waals surface area contributed by atoms with Crippen LogP contribution in [0.5, 0.6) is 0 Å². The summed E-state index contributed by atoms with van der Waals surface area (Å²) in [7, 11) is 0. The van der Waals surface area contributed by atoms with Crippen LogP contribution in [0.15, 0.2) is 48.0 Å². The molecule has 2 aromatic rings. The van der Waals surface area contributed by atoms with Gasteiger partial charge in [-0.25, -0.2) is 4.79 Å². The quantitative estimate of drug-likeness (QED) is 0.505. The molecule has 0 radical (unpaired) electrons. The van der Waals surface area contributed by atoms with Gasteiger partial charge in [0.25, 0.3) is 0 Å². The molecule has 0 bridgehead atoms. The Morgan fingerprint density at radius 2 is 1.65 bits per heavy atom. The van der Waals surface area contributed by atoms with Crippen molar-refractivity contribution < 1.29 is 9.59 Å². The molecule has 0 N–H and O–H groups in total. The Labute approximate surface area is 97.9 Å². The molecule has 2 aromatic carbocycles. The van der Waals surface area contributed by atoms with Crippen LogP contribution in [0.3, 0.4) is 0 Å². The van der Waals surface area contributed by atoms with Gasteiger partial charge < -0.3 is 0 Å². The predicted octanol–water partition coefficient (Wildman–Crippen LogP) is 2.81. The Balaban J connectivity index is 2.35. The molecule has 0 spiro atoms. The minimum Gasteiger partial charge on any atom is -0.288 e. The van der Waals surface area contributed by atoms with E-state index >= 15 is 0 Å². The van der Waals surface area contributed by atoms with Crippen LogP contribution >= 0.6 is 0 Å². The first-order chi connectivity index (χ1) is 8.29. The lowest BCUT2D eigenvalue weighted by Crippen LogP contribution is -2.08. The maximum absolute atomic E-state index is 11.9. The fourth-order valence-corrected chi connectivity index (χ4v) is 2.07. The topological polar surface area (TPSA) is 34.1 Å². The number of benzene rings is 2. The molecule has 0 fully saturated rings. The lowest BCUT2D eigenvalue weighted by molar-refractivity contribution is 0.103. The van der Waals surface area contributed by atoms with Gasteiger partial charge in [-0.2, -0.15) is 0 Å². The van der Waals surface area contributed by atoms with Gasteiger partial charge in [0.2, 0.25) is 5.78 Å². The third kappa shape index (κ3) is 1.43. The summed E-state index contributed by atoms with van der Waals surface area (Å²) in [6.07, 6.45) is 3.30. The Kier molecular flexibility index (Phi) is 2.04. The van der Waals surface area contributed by atoms with E-state index < -0.39 is 0 Å². The summed E-state index contributed by atoms with van der Waals surface area (Å²) in [5, 5.41) is 2.09. The lowest BCUT2D eigenvalue weighted by atomic mass is 9.91. The van der Waals surface area contributed by atoms with E-state index in [-0.39, 0.29) is 11.4 Å². The van der Waals surface area contributed by atoms with E-state index in [1.54, 1.807) is 12.0 Å². The number of rotatable bonds is 0. The zero-order valence-electron chi connectivity index (χ0n) is 8.94. The van der Waals surface area contributed by atoms with E-state index in [0.717, 1.165) is 16.3 Å². The van der Waals surface area contributed by atoms with Gasteiger partial charge in [-0.3, -0.25) is 4.79 Å². The first kappa shape index (κ1) is 9.76. The maximum Gasteiger partial charge on any atom is 0.204 e. The number of ketones is 1. The van der Waals surface area contributed by atoms with E-state index in [1.165, 1.54) is 6.08 Å². The molecule has 17 heavy (non-hydrogen) atoms. The zero-order valence-corrected chi connectivity index (χ0v) is 8.94. The number of hydrogen-bond acceptors (Lipinski definition) is 2. The van der Waals surface area contributed by atoms with Crippen molar-refractivity contribution in [2.24, 2.45) is 0 Å². The lowest BCUT2D eigenvalue weighted by Gasteiger charge is -2.11. The van der Waals surface area contributed by atoms with E-state index in [9.17, 15) is 9.59 Å². The van der Waals surface area contributed by atoms with Crippen LogP contribution in [0.25, 0.3) is 16.8 Å².